The van der Waals surface area contributed by atoms with Crippen LogP contribution in [0.5, 0.6) is 0 Å². The zero-order chi connectivity index (χ0) is 8.27. The smallest absolute Gasteiger partial charge is 0.218 e. The molecule has 1 aromatic rings. The predicted molar refractivity (Wildman–Crippen MR) is 47.4 cm³/mol. The van der Waals surface area contributed by atoms with Crippen molar-refractivity contribution >= 4 is 19.4 Å². The first-order valence-electron chi connectivity index (χ1n) is 3.20. The summed E-state index contributed by atoms with van der Waals surface area (Å²) in [7, 11) is -2.54. The van der Waals surface area contributed by atoms with Crippen LogP contribution in [0.4, 0.5) is 0 Å². The maximum atomic E-state index is 10.6. The van der Waals surface area contributed by atoms with Crippen LogP contribution in [0.25, 0.3) is 6.08 Å². The zero-order valence-electron chi connectivity index (χ0n) is 5.95. The highest BCUT2D eigenvalue weighted by Gasteiger charge is 1.96. The van der Waals surface area contributed by atoms with E-state index in [1.807, 2.05) is 6.07 Å². The second kappa shape index (κ2) is 3.51. The molecule has 0 aliphatic carbocycles. The zero-order valence-corrected chi connectivity index (χ0v) is 6.95. The van der Waals surface area contributed by atoms with Crippen molar-refractivity contribution in [1.82, 2.24) is 0 Å². The van der Waals surface area contributed by atoms with E-state index < -0.39 is 8.03 Å². The van der Waals surface area contributed by atoms with Crippen LogP contribution >= 0.6 is 8.03 Å². The highest BCUT2D eigenvalue weighted by molar-refractivity contribution is 7.47. The number of benzene rings is 1. The number of rotatable bonds is 2. The van der Waals surface area contributed by atoms with Gasteiger partial charge in [-0.25, -0.2) is 0 Å². The Morgan fingerprint density at radius 3 is 2.82 bits per heavy atom. The molecule has 0 aliphatic heterocycles. The van der Waals surface area contributed by atoms with Gasteiger partial charge in [0.25, 0.3) is 0 Å². The van der Waals surface area contributed by atoms with E-state index in [-0.39, 0.29) is 0 Å². The van der Waals surface area contributed by atoms with Crippen LogP contribution in [0.15, 0.2) is 30.8 Å². The van der Waals surface area contributed by atoms with E-state index in [0.717, 1.165) is 5.56 Å². The summed E-state index contributed by atoms with van der Waals surface area (Å²) in [6, 6.07) is 6.87. The molecule has 0 bridgehead atoms. The van der Waals surface area contributed by atoms with E-state index in [9.17, 15) is 4.57 Å². The van der Waals surface area contributed by atoms with Crippen molar-refractivity contribution in [2.45, 2.75) is 0 Å². The summed E-state index contributed by atoms with van der Waals surface area (Å²) in [4.78, 5) is 8.76. The molecular formula is C8H9O2P. The molecule has 0 saturated heterocycles. The Morgan fingerprint density at radius 1 is 1.55 bits per heavy atom. The van der Waals surface area contributed by atoms with Gasteiger partial charge in [0.05, 0.1) is 0 Å². The molecule has 0 fully saturated rings. The minimum atomic E-state index is -2.54. The van der Waals surface area contributed by atoms with Crippen LogP contribution in [-0.2, 0) is 4.57 Å². The van der Waals surface area contributed by atoms with Gasteiger partial charge in [0.1, 0.15) is 0 Å². The van der Waals surface area contributed by atoms with Crippen molar-refractivity contribution in [3.8, 4) is 0 Å². The van der Waals surface area contributed by atoms with Gasteiger partial charge in [-0.1, -0.05) is 24.8 Å². The minimum absolute atomic E-state index is 0.479. The molecule has 0 spiro atoms. The largest absolute Gasteiger partial charge is 0.343 e. The molecule has 1 atom stereocenters. The van der Waals surface area contributed by atoms with Gasteiger partial charge in [-0.05, 0) is 17.7 Å². The summed E-state index contributed by atoms with van der Waals surface area (Å²) in [5, 5.41) is 0.479. The fourth-order valence-corrected chi connectivity index (χ4v) is 1.33. The Morgan fingerprint density at radius 2 is 2.27 bits per heavy atom. The summed E-state index contributed by atoms with van der Waals surface area (Å²) in [6.07, 6.45) is 1.65. The highest BCUT2D eigenvalue weighted by atomic mass is 31.1. The van der Waals surface area contributed by atoms with Crippen molar-refractivity contribution < 1.29 is 9.46 Å². The minimum Gasteiger partial charge on any atom is -0.343 e. The average Bonchev–Trinajstić information content (AvgIpc) is 2.05. The fraction of sp³-hybridized carbons (Fsp3) is 0. The second-order valence-electron chi connectivity index (χ2n) is 2.13. The number of hydrogen-bond donors (Lipinski definition) is 1. The molecule has 11 heavy (non-hydrogen) atoms. The van der Waals surface area contributed by atoms with Crippen LogP contribution in [0.1, 0.15) is 5.56 Å². The van der Waals surface area contributed by atoms with Crippen molar-refractivity contribution in [3.05, 3.63) is 36.4 Å². The van der Waals surface area contributed by atoms with Gasteiger partial charge in [0.2, 0.25) is 8.03 Å². The highest BCUT2D eigenvalue weighted by Crippen LogP contribution is 2.13. The van der Waals surface area contributed by atoms with E-state index >= 15 is 0 Å². The van der Waals surface area contributed by atoms with Gasteiger partial charge < -0.3 is 4.89 Å². The monoisotopic (exact) mass is 168 g/mol. The molecule has 1 rings (SSSR count). The lowest BCUT2D eigenvalue weighted by Gasteiger charge is -1.96. The average molecular weight is 168 g/mol. The molecule has 0 amide bonds. The van der Waals surface area contributed by atoms with Gasteiger partial charge in [-0.15, -0.1) is 0 Å². The van der Waals surface area contributed by atoms with Crippen molar-refractivity contribution in [2.24, 2.45) is 0 Å². The van der Waals surface area contributed by atoms with Crippen LogP contribution in [-0.4, -0.2) is 4.89 Å². The van der Waals surface area contributed by atoms with Crippen LogP contribution < -0.4 is 5.30 Å². The summed E-state index contributed by atoms with van der Waals surface area (Å²) in [5.41, 5.74) is 0.870. The molecule has 0 aromatic heterocycles. The van der Waals surface area contributed by atoms with Crippen LogP contribution in [0, 0.1) is 0 Å². The van der Waals surface area contributed by atoms with E-state index in [0.29, 0.717) is 5.30 Å². The van der Waals surface area contributed by atoms with Crippen LogP contribution in [0.2, 0.25) is 0 Å². The second-order valence-corrected chi connectivity index (χ2v) is 3.32. The predicted octanol–water partition coefficient (Wildman–Crippen LogP) is 1.42. The summed E-state index contributed by atoms with van der Waals surface area (Å²) < 4.78 is 10.6. The molecule has 0 aliphatic rings. The number of hydrogen-bond acceptors (Lipinski definition) is 1. The summed E-state index contributed by atoms with van der Waals surface area (Å²) >= 11 is 0. The summed E-state index contributed by atoms with van der Waals surface area (Å²) in [6.45, 7) is 3.56. The molecule has 1 N–H and O–H groups in total. The molecule has 0 saturated carbocycles. The molecular weight excluding hydrogens is 159 g/mol. The molecule has 1 unspecified atom stereocenters. The van der Waals surface area contributed by atoms with Crippen molar-refractivity contribution in [1.29, 1.82) is 0 Å². The first-order chi connectivity index (χ1) is 5.24. The molecule has 58 valence electrons. The van der Waals surface area contributed by atoms with Crippen molar-refractivity contribution in [3.63, 3.8) is 0 Å². The topological polar surface area (TPSA) is 37.3 Å². The molecule has 1 aromatic carbocycles. The maximum absolute atomic E-state index is 10.6. The third kappa shape index (κ3) is 2.04. The van der Waals surface area contributed by atoms with Gasteiger partial charge in [0.15, 0.2) is 0 Å². The Balaban J connectivity index is 3.10. The Hall–Kier alpha value is -0.850. The van der Waals surface area contributed by atoms with Gasteiger partial charge >= 0.3 is 0 Å². The maximum Gasteiger partial charge on any atom is 0.218 e. The third-order valence-corrected chi connectivity index (χ3v) is 2.17. The lowest BCUT2D eigenvalue weighted by Crippen LogP contribution is -1.94. The summed E-state index contributed by atoms with van der Waals surface area (Å²) in [5.74, 6) is 0. The Bertz CT molecular complexity index is 294. The first-order valence-corrected chi connectivity index (χ1v) is 4.55. The van der Waals surface area contributed by atoms with Crippen molar-refractivity contribution in [2.75, 3.05) is 0 Å². The van der Waals surface area contributed by atoms with Gasteiger partial charge in [0, 0.05) is 5.30 Å². The van der Waals surface area contributed by atoms with E-state index in [1.54, 1.807) is 24.3 Å². The van der Waals surface area contributed by atoms with Gasteiger partial charge in [-0.2, -0.15) is 0 Å². The van der Waals surface area contributed by atoms with Gasteiger partial charge in [-0.3, -0.25) is 4.57 Å². The lowest BCUT2D eigenvalue weighted by molar-refractivity contribution is 0.513. The molecule has 0 radical (unpaired) electrons. The Labute approximate surface area is 66.1 Å². The van der Waals surface area contributed by atoms with E-state index in [1.165, 1.54) is 0 Å². The van der Waals surface area contributed by atoms with E-state index in [4.69, 9.17) is 4.89 Å². The van der Waals surface area contributed by atoms with Crippen LogP contribution in [0.3, 0.4) is 0 Å². The Kier molecular flexibility index (Phi) is 2.64. The third-order valence-electron chi connectivity index (χ3n) is 1.37. The fourth-order valence-electron chi connectivity index (χ4n) is 0.799. The molecule has 2 nitrogen and oxygen atoms in total. The SMILES string of the molecule is C=Cc1cccc([PH](=O)O)c1. The standard InChI is InChI=1S/C8H9O2P/c1-2-7-4-3-5-8(6-7)11(9)10/h2-6,11H,1H2,(H,9,10). The normalized spacial score (nSPS) is 12.5. The quantitative estimate of drug-likeness (QED) is 0.678. The first kappa shape index (κ1) is 8.25. The molecule has 3 heteroatoms. The lowest BCUT2D eigenvalue weighted by atomic mass is 10.2. The van der Waals surface area contributed by atoms with E-state index in [2.05, 4.69) is 6.58 Å². The molecule has 0 heterocycles.